The topological polar surface area (TPSA) is 0 Å². The summed E-state index contributed by atoms with van der Waals surface area (Å²) < 4.78 is 13.1. The molecule has 3 rings (SSSR count). The molecule has 22 heavy (non-hydrogen) atoms. The quantitative estimate of drug-likeness (QED) is 0.590. The second-order valence-electron chi connectivity index (χ2n) is 5.63. The Balaban J connectivity index is 1.84. The summed E-state index contributed by atoms with van der Waals surface area (Å²) in [5, 5.41) is 0. The van der Waals surface area contributed by atoms with Crippen LogP contribution in [0.5, 0.6) is 0 Å². The molecule has 0 aliphatic carbocycles. The minimum Gasteiger partial charge on any atom is -0.207 e. The summed E-state index contributed by atoms with van der Waals surface area (Å²) in [6, 6.07) is 27.9. The SMILES string of the molecule is Fc1ccc(CC(Cc2ccccc2)c2ccccc2)cc1. The Bertz CT molecular complexity index is 687. The fraction of sp³-hybridized carbons (Fsp3) is 0.143. The highest BCUT2D eigenvalue weighted by Crippen LogP contribution is 2.25. The van der Waals surface area contributed by atoms with Crippen LogP contribution in [0.25, 0.3) is 0 Å². The molecule has 0 bridgehead atoms. The third-order valence-corrected chi connectivity index (χ3v) is 3.99. The number of halogens is 1. The van der Waals surface area contributed by atoms with Gasteiger partial charge < -0.3 is 0 Å². The van der Waals surface area contributed by atoms with E-state index >= 15 is 0 Å². The maximum atomic E-state index is 13.1. The van der Waals surface area contributed by atoms with Crippen LogP contribution in [0.2, 0.25) is 0 Å². The van der Waals surface area contributed by atoms with E-state index < -0.39 is 0 Å². The zero-order valence-corrected chi connectivity index (χ0v) is 12.5. The highest BCUT2D eigenvalue weighted by atomic mass is 19.1. The summed E-state index contributed by atoms with van der Waals surface area (Å²) >= 11 is 0. The molecule has 1 unspecified atom stereocenters. The molecular weight excluding hydrogens is 271 g/mol. The summed E-state index contributed by atoms with van der Waals surface area (Å²) in [5.74, 6) is 0.220. The normalized spacial score (nSPS) is 12.0. The van der Waals surface area contributed by atoms with Crippen LogP contribution in [0.1, 0.15) is 22.6 Å². The van der Waals surface area contributed by atoms with E-state index in [9.17, 15) is 4.39 Å². The van der Waals surface area contributed by atoms with Crippen molar-refractivity contribution in [3.05, 3.63) is 107 Å². The Morgan fingerprint density at radius 3 is 1.68 bits per heavy atom. The van der Waals surface area contributed by atoms with Crippen molar-refractivity contribution in [1.29, 1.82) is 0 Å². The minimum atomic E-state index is -0.178. The van der Waals surface area contributed by atoms with Crippen molar-refractivity contribution in [3.8, 4) is 0 Å². The predicted octanol–water partition coefficient (Wildman–Crippen LogP) is 5.39. The highest BCUT2D eigenvalue weighted by Gasteiger charge is 2.13. The van der Waals surface area contributed by atoms with Crippen LogP contribution in [0.15, 0.2) is 84.9 Å². The van der Waals surface area contributed by atoms with Crippen molar-refractivity contribution < 1.29 is 4.39 Å². The maximum absolute atomic E-state index is 13.1. The smallest absolute Gasteiger partial charge is 0.123 e. The van der Waals surface area contributed by atoms with E-state index in [1.165, 1.54) is 16.7 Å². The molecule has 3 aromatic carbocycles. The molecule has 3 aromatic rings. The third-order valence-electron chi connectivity index (χ3n) is 3.99. The molecule has 1 atom stereocenters. The Hall–Kier alpha value is -2.41. The van der Waals surface area contributed by atoms with Gasteiger partial charge in [0.25, 0.3) is 0 Å². The van der Waals surface area contributed by atoms with Crippen LogP contribution in [-0.4, -0.2) is 0 Å². The molecule has 0 aliphatic rings. The van der Waals surface area contributed by atoms with E-state index in [0.29, 0.717) is 5.92 Å². The van der Waals surface area contributed by atoms with Gasteiger partial charge >= 0.3 is 0 Å². The molecule has 0 aliphatic heterocycles. The maximum Gasteiger partial charge on any atom is 0.123 e. The molecule has 0 saturated carbocycles. The molecule has 0 aromatic heterocycles. The van der Waals surface area contributed by atoms with Gasteiger partial charge in [0.1, 0.15) is 5.82 Å². The van der Waals surface area contributed by atoms with Crippen molar-refractivity contribution in [2.75, 3.05) is 0 Å². The fourth-order valence-corrected chi connectivity index (χ4v) is 2.84. The Kier molecular flexibility index (Phi) is 4.65. The van der Waals surface area contributed by atoms with E-state index in [0.717, 1.165) is 12.8 Å². The van der Waals surface area contributed by atoms with Crippen molar-refractivity contribution >= 4 is 0 Å². The van der Waals surface area contributed by atoms with Gasteiger partial charge in [0.05, 0.1) is 0 Å². The third kappa shape index (κ3) is 3.82. The van der Waals surface area contributed by atoms with E-state index in [-0.39, 0.29) is 5.82 Å². The van der Waals surface area contributed by atoms with E-state index in [1.54, 1.807) is 12.1 Å². The lowest BCUT2D eigenvalue weighted by Crippen LogP contribution is -2.07. The lowest BCUT2D eigenvalue weighted by Gasteiger charge is -2.18. The lowest BCUT2D eigenvalue weighted by atomic mass is 9.87. The van der Waals surface area contributed by atoms with E-state index in [2.05, 4.69) is 48.5 Å². The molecule has 0 N–H and O–H groups in total. The number of rotatable bonds is 5. The first kappa shape index (κ1) is 14.5. The Labute approximate surface area is 131 Å². The fourth-order valence-electron chi connectivity index (χ4n) is 2.84. The zero-order valence-electron chi connectivity index (χ0n) is 12.5. The van der Waals surface area contributed by atoms with Gasteiger partial charge in [-0.25, -0.2) is 4.39 Å². The summed E-state index contributed by atoms with van der Waals surface area (Å²) in [6.45, 7) is 0. The molecule has 0 nitrogen and oxygen atoms in total. The van der Waals surface area contributed by atoms with Crippen LogP contribution in [0, 0.1) is 5.82 Å². The number of hydrogen-bond donors (Lipinski definition) is 0. The molecule has 0 spiro atoms. The van der Waals surface area contributed by atoms with Crippen LogP contribution in [0.3, 0.4) is 0 Å². The standard InChI is InChI=1S/C21H19F/c22-21-13-11-18(12-14-21)16-20(19-9-5-2-6-10-19)15-17-7-3-1-4-8-17/h1-14,20H,15-16H2. The van der Waals surface area contributed by atoms with Crippen molar-refractivity contribution in [2.45, 2.75) is 18.8 Å². The molecular formula is C21H19F. The first-order chi connectivity index (χ1) is 10.8. The van der Waals surface area contributed by atoms with Gasteiger partial charge in [-0.3, -0.25) is 0 Å². The van der Waals surface area contributed by atoms with Gasteiger partial charge in [-0.1, -0.05) is 72.8 Å². The summed E-state index contributed by atoms with van der Waals surface area (Å²) in [5.41, 5.74) is 3.83. The highest BCUT2D eigenvalue weighted by molar-refractivity contribution is 5.27. The second kappa shape index (κ2) is 7.04. The molecule has 0 radical (unpaired) electrons. The van der Waals surface area contributed by atoms with Gasteiger partial charge in [0.15, 0.2) is 0 Å². The van der Waals surface area contributed by atoms with Crippen molar-refractivity contribution in [2.24, 2.45) is 0 Å². The molecule has 1 heteroatoms. The monoisotopic (exact) mass is 290 g/mol. The molecule has 0 heterocycles. The van der Waals surface area contributed by atoms with Gasteiger partial charge in [0.2, 0.25) is 0 Å². The number of benzene rings is 3. The van der Waals surface area contributed by atoms with Gasteiger partial charge in [-0.2, -0.15) is 0 Å². The molecule has 0 saturated heterocycles. The Morgan fingerprint density at radius 2 is 1.09 bits per heavy atom. The predicted molar refractivity (Wildman–Crippen MR) is 89.4 cm³/mol. The van der Waals surface area contributed by atoms with E-state index in [1.807, 2.05) is 24.3 Å². The first-order valence-corrected chi connectivity index (χ1v) is 7.64. The van der Waals surface area contributed by atoms with Crippen LogP contribution in [-0.2, 0) is 12.8 Å². The average molecular weight is 290 g/mol. The van der Waals surface area contributed by atoms with Crippen LogP contribution < -0.4 is 0 Å². The molecule has 0 fully saturated rings. The van der Waals surface area contributed by atoms with Gasteiger partial charge in [-0.15, -0.1) is 0 Å². The van der Waals surface area contributed by atoms with Crippen molar-refractivity contribution in [3.63, 3.8) is 0 Å². The van der Waals surface area contributed by atoms with Gasteiger partial charge in [0, 0.05) is 0 Å². The van der Waals surface area contributed by atoms with Crippen molar-refractivity contribution in [1.82, 2.24) is 0 Å². The Morgan fingerprint density at radius 1 is 0.591 bits per heavy atom. The minimum absolute atomic E-state index is 0.178. The summed E-state index contributed by atoms with van der Waals surface area (Å²) in [7, 11) is 0. The molecule has 110 valence electrons. The van der Waals surface area contributed by atoms with Crippen LogP contribution in [0.4, 0.5) is 4.39 Å². The lowest BCUT2D eigenvalue weighted by molar-refractivity contribution is 0.624. The first-order valence-electron chi connectivity index (χ1n) is 7.64. The largest absolute Gasteiger partial charge is 0.207 e. The number of hydrogen-bond acceptors (Lipinski definition) is 0. The average Bonchev–Trinajstić information content (AvgIpc) is 2.58. The second-order valence-corrected chi connectivity index (χ2v) is 5.63. The zero-order chi connectivity index (χ0) is 15.2. The van der Waals surface area contributed by atoms with E-state index in [4.69, 9.17) is 0 Å². The van der Waals surface area contributed by atoms with Crippen LogP contribution >= 0.6 is 0 Å². The summed E-state index contributed by atoms with van der Waals surface area (Å²) in [6.07, 6.45) is 1.90. The molecule has 0 amide bonds. The van der Waals surface area contributed by atoms with Gasteiger partial charge in [-0.05, 0) is 47.6 Å². The summed E-state index contributed by atoms with van der Waals surface area (Å²) in [4.78, 5) is 0.